The van der Waals surface area contributed by atoms with Gasteiger partial charge in [-0.3, -0.25) is 9.69 Å². The average Bonchev–Trinajstić information content (AvgIpc) is 3.74. The first kappa shape index (κ1) is 27.1. The van der Waals surface area contributed by atoms with Crippen molar-refractivity contribution in [1.82, 2.24) is 19.4 Å². The summed E-state index contributed by atoms with van der Waals surface area (Å²) in [5.41, 5.74) is 4.96. The molecule has 5 nitrogen and oxygen atoms in total. The molecule has 3 saturated heterocycles. The molecular formula is C38H44N4O. The molecule has 0 N–H and O–H groups in total. The highest BCUT2D eigenvalue weighted by molar-refractivity contribution is 5.91. The molecule has 3 aromatic carbocycles. The molecule has 1 unspecified atom stereocenters. The zero-order chi connectivity index (χ0) is 29.0. The smallest absolute Gasteiger partial charge is 0.233 e. The second kappa shape index (κ2) is 10.6. The van der Waals surface area contributed by atoms with Gasteiger partial charge in [0.25, 0.3) is 0 Å². The van der Waals surface area contributed by atoms with E-state index < -0.39 is 0 Å². The van der Waals surface area contributed by atoms with Crippen LogP contribution in [0.5, 0.6) is 0 Å². The molecule has 2 bridgehead atoms. The molecule has 0 radical (unpaired) electrons. The Morgan fingerprint density at radius 3 is 2.02 bits per heavy atom. The minimum absolute atomic E-state index is 0.134. The van der Waals surface area contributed by atoms with Crippen molar-refractivity contribution in [1.29, 1.82) is 0 Å². The lowest BCUT2D eigenvalue weighted by molar-refractivity contribution is -0.135. The molecule has 5 heteroatoms. The Kier molecular flexibility index (Phi) is 6.70. The first-order valence-electron chi connectivity index (χ1n) is 16.7. The Morgan fingerprint density at radius 1 is 0.767 bits per heavy atom. The number of para-hydroxylation sites is 2. The van der Waals surface area contributed by atoms with Crippen molar-refractivity contribution < 1.29 is 4.79 Å². The zero-order valence-electron chi connectivity index (χ0n) is 25.5. The minimum Gasteiger partial charge on any atom is -0.342 e. The van der Waals surface area contributed by atoms with Gasteiger partial charge in [-0.15, -0.1) is 0 Å². The van der Waals surface area contributed by atoms with Crippen LogP contribution < -0.4 is 0 Å². The number of hydrogen-bond acceptors (Lipinski definition) is 3. The normalized spacial score (nSPS) is 26.1. The molecule has 0 spiro atoms. The van der Waals surface area contributed by atoms with E-state index in [0.717, 1.165) is 56.7 Å². The summed E-state index contributed by atoms with van der Waals surface area (Å²) in [6.07, 6.45) is 10.3. The van der Waals surface area contributed by atoms with E-state index >= 15 is 0 Å². The summed E-state index contributed by atoms with van der Waals surface area (Å²) < 4.78 is 2.54. The number of fused-ring (bicyclic) bond motifs is 3. The first-order chi connectivity index (χ1) is 21.1. The third-order valence-electron chi connectivity index (χ3n) is 11.7. The number of aromatic nitrogens is 2. The molecule has 3 aliphatic heterocycles. The minimum atomic E-state index is -0.267. The SMILES string of the molecule is Cc1nc2ccccc2n1C1C[C@H]2CC[C@@H](C1)N2CCC1(c2ccccc2)CCN(C(=O)C2(c3ccccc3)CC2)CC1. The number of carbonyl (C=O) groups excluding carboxylic acids is 1. The monoisotopic (exact) mass is 572 g/mol. The lowest BCUT2D eigenvalue weighted by Crippen LogP contribution is -2.50. The van der Waals surface area contributed by atoms with E-state index in [4.69, 9.17) is 4.98 Å². The standard InChI is InChI=1S/C38H44N4O/c1-28-39-34-14-8-9-15-35(34)42(28)33-26-31-16-17-32(27-33)41(31)25-22-37(29-10-4-2-5-11-29)20-23-40(24-21-37)36(43)38(18-19-38)30-12-6-3-7-13-30/h2-15,31-33H,16-27H2,1H3/t31-,32+,33?. The van der Waals surface area contributed by atoms with Gasteiger partial charge in [-0.2, -0.15) is 0 Å². The predicted molar refractivity (Wildman–Crippen MR) is 172 cm³/mol. The number of aryl methyl sites for hydroxylation is 1. The lowest BCUT2D eigenvalue weighted by atomic mass is 9.70. The molecule has 4 heterocycles. The van der Waals surface area contributed by atoms with Gasteiger partial charge in [0.15, 0.2) is 0 Å². The maximum absolute atomic E-state index is 13.9. The number of nitrogens with zero attached hydrogens (tertiary/aromatic N) is 4. The van der Waals surface area contributed by atoms with E-state index in [0.29, 0.717) is 24.0 Å². The number of likely N-dealkylation sites (tertiary alicyclic amines) is 1. The van der Waals surface area contributed by atoms with Crippen LogP contribution in [-0.2, 0) is 15.6 Å². The van der Waals surface area contributed by atoms with E-state index in [1.54, 1.807) is 0 Å². The number of benzene rings is 3. The Bertz CT molecular complexity index is 1580. The molecule has 1 amide bonds. The van der Waals surface area contributed by atoms with E-state index in [-0.39, 0.29) is 10.8 Å². The summed E-state index contributed by atoms with van der Waals surface area (Å²) in [6, 6.07) is 32.2. The summed E-state index contributed by atoms with van der Waals surface area (Å²) in [4.78, 5) is 23.8. The second-order valence-corrected chi connectivity index (χ2v) is 13.9. The molecule has 43 heavy (non-hydrogen) atoms. The fourth-order valence-corrected chi connectivity index (χ4v) is 9.21. The van der Waals surface area contributed by atoms with Gasteiger partial charge in [-0.05, 0) is 99.9 Å². The van der Waals surface area contributed by atoms with Crippen LogP contribution in [0.4, 0.5) is 0 Å². The summed E-state index contributed by atoms with van der Waals surface area (Å²) in [7, 11) is 0. The lowest BCUT2D eigenvalue weighted by Gasteiger charge is -2.46. The molecule has 3 atom stereocenters. The van der Waals surface area contributed by atoms with Crippen LogP contribution in [-0.4, -0.2) is 57.0 Å². The van der Waals surface area contributed by atoms with Crippen molar-refractivity contribution in [3.05, 3.63) is 102 Å². The van der Waals surface area contributed by atoms with Gasteiger partial charge in [0.2, 0.25) is 5.91 Å². The number of amides is 1. The van der Waals surface area contributed by atoms with Crippen molar-refractivity contribution in [2.45, 2.75) is 93.7 Å². The van der Waals surface area contributed by atoms with Crippen LogP contribution in [0.3, 0.4) is 0 Å². The van der Waals surface area contributed by atoms with Crippen molar-refractivity contribution in [2.24, 2.45) is 0 Å². The summed E-state index contributed by atoms with van der Waals surface area (Å²) >= 11 is 0. The van der Waals surface area contributed by atoms with Gasteiger partial charge >= 0.3 is 0 Å². The van der Waals surface area contributed by atoms with Crippen molar-refractivity contribution >= 4 is 16.9 Å². The van der Waals surface area contributed by atoms with Gasteiger partial charge in [0.1, 0.15) is 5.82 Å². The van der Waals surface area contributed by atoms with Crippen LogP contribution in [0, 0.1) is 6.92 Å². The maximum Gasteiger partial charge on any atom is 0.233 e. The summed E-state index contributed by atoms with van der Waals surface area (Å²) in [5.74, 6) is 1.52. The van der Waals surface area contributed by atoms with E-state index in [9.17, 15) is 4.79 Å². The Labute approximate surface area is 255 Å². The first-order valence-corrected chi connectivity index (χ1v) is 16.7. The summed E-state index contributed by atoms with van der Waals surface area (Å²) in [5, 5.41) is 0. The molecule has 4 aromatic rings. The third-order valence-corrected chi connectivity index (χ3v) is 11.7. The molecule has 4 aliphatic rings. The van der Waals surface area contributed by atoms with Crippen LogP contribution in [0.25, 0.3) is 11.0 Å². The van der Waals surface area contributed by atoms with Crippen LogP contribution >= 0.6 is 0 Å². The van der Waals surface area contributed by atoms with E-state index in [1.165, 1.54) is 48.7 Å². The summed E-state index contributed by atoms with van der Waals surface area (Å²) in [6.45, 7) is 5.07. The van der Waals surface area contributed by atoms with Crippen molar-refractivity contribution in [2.75, 3.05) is 19.6 Å². The topological polar surface area (TPSA) is 41.4 Å². The van der Waals surface area contributed by atoms with Gasteiger partial charge < -0.3 is 9.47 Å². The molecular weight excluding hydrogens is 528 g/mol. The number of rotatable bonds is 7. The maximum atomic E-state index is 13.9. The highest BCUT2D eigenvalue weighted by Crippen LogP contribution is 2.51. The molecule has 1 aliphatic carbocycles. The number of imidazole rings is 1. The molecule has 222 valence electrons. The largest absolute Gasteiger partial charge is 0.342 e. The van der Waals surface area contributed by atoms with Crippen molar-refractivity contribution in [3.8, 4) is 0 Å². The Balaban J connectivity index is 0.977. The third kappa shape index (κ3) is 4.63. The van der Waals surface area contributed by atoms with Crippen LogP contribution in [0.2, 0.25) is 0 Å². The average molecular weight is 573 g/mol. The second-order valence-electron chi connectivity index (χ2n) is 13.9. The highest BCUT2D eigenvalue weighted by atomic mass is 16.2. The van der Waals surface area contributed by atoms with Gasteiger partial charge in [-0.1, -0.05) is 72.8 Å². The molecule has 1 aromatic heterocycles. The van der Waals surface area contributed by atoms with Gasteiger partial charge in [0, 0.05) is 31.2 Å². The van der Waals surface area contributed by atoms with Gasteiger partial charge in [-0.25, -0.2) is 4.98 Å². The number of carbonyl (C=O) groups is 1. The van der Waals surface area contributed by atoms with Gasteiger partial charge in [0.05, 0.1) is 16.4 Å². The molecule has 8 rings (SSSR count). The number of piperidine rings is 2. The Morgan fingerprint density at radius 2 is 1.37 bits per heavy atom. The highest BCUT2D eigenvalue weighted by Gasteiger charge is 2.54. The zero-order valence-corrected chi connectivity index (χ0v) is 25.5. The van der Waals surface area contributed by atoms with E-state index in [1.807, 2.05) is 0 Å². The quantitative estimate of drug-likeness (QED) is 0.235. The fourth-order valence-electron chi connectivity index (χ4n) is 9.21. The Hall–Kier alpha value is -3.44. The fraction of sp³-hybridized carbons (Fsp3) is 0.474. The molecule has 1 saturated carbocycles. The number of hydrogen-bond donors (Lipinski definition) is 0. The molecule has 4 fully saturated rings. The van der Waals surface area contributed by atoms with E-state index in [2.05, 4.69) is 106 Å². The van der Waals surface area contributed by atoms with Crippen LogP contribution in [0.1, 0.15) is 80.8 Å². The van der Waals surface area contributed by atoms with Crippen LogP contribution in [0.15, 0.2) is 84.9 Å². The van der Waals surface area contributed by atoms with Crippen molar-refractivity contribution in [3.63, 3.8) is 0 Å². The predicted octanol–water partition coefficient (Wildman–Crippen LogP) is 7.19.